The molecule has 0 spiro atoms. The summed E-state index contributed by atoms with van der Waals surface area (Å²) in [7, 11) is 0. The fourth-order valence-electron chi connectivity index (χ4n) is 5.59. The molecule has 1 heterocycles. The molecule has 2 aromatic rings. The van der Waals surface area contributed by atoms with E-state index in [-0.39, 0.29) is 51.6 Å². The first-order valence-electron chi connectivity index (χ1n) is 15.6. The number of nitrogens with two attached hydrogens (primary N) is 2. The maximum absolute atomic E-state index is 13.8. The normalized spacial score (nSPS) is 16.3. The summed E-state index contributed by atoms with van der Waals surface area (Å²) in [6.45, 7) is 1.57. The van der Waals surface area contributed by atoms with E-state index in [1.165, 1.54) is 11.8 Å². The van der Waals surface area contributed by atoms with E-state index in [1.807, 2.05) is 42.5 Å². The van der Waals surface area contributed by atoms with E-state index in [0.717, 1.165) is 16.3 Å². The number of nitrogens with zero attached hydrogens (tertiary/aromatic N) is 1. The third-order valence-electron chi connectivity index (χ3n) is 7.93. The first kappa shape index (κ1) is 36.3. The van der Waals surface area contributed by atoms with Crippen molar-refractivity contribution in [1.29, 1.82) is 0 Å². The fraction of sp³-hybridized carbons (Fsp3) is 0.469. The van der Waals surface area contributed by atoms with Gasteiger partial charge in [-0.25, -0.2) is 4.79 Å². The van der Waals surface area contributed by atoms with Crippen LogP contribution in [0.1, 0.15) is 57.4 Å². The lowest BCUT2D eigenvalue weighted by Crippen LogP contribution is -2.60. The Balaban J connectivity index is 1.85. The number of carbonyl (C=O) groups excluding carboxylic acids is 6. The second-order valence-electron chi connectivity index (χ2n) is 11.6. The Hall–Kier alpha value is -5.21. The standard InChI is InChI=1S/C32H43N7O8/c1-19(40)36-24(13-14-27(41)42)31(46)39-16-5-4-10-26(39)30(45)38-25(18-20-11-12-21-7-2-3-8-22(21)17-20)29(44)37-23(28(33)43)9-6-15-35-32(34)47/h2-3,7-8,11-12,17,23-26H,4-6,9-10,13-16,18H2,1H3,(H2,33,43)(H,36,40)(H,37,44)(H,38,45)(H,41,42)(H3,34,35,47)/t23-,24-,25-,26-/m0/s1. The number of hydrogen-bond donors (Lipinski definition) is 7. The monoisotopic (exact) mass is 653 g/mol. The Bertz CT molecular complexity index is 1480. The zero-order valence-corrected chi connectivity index (χ0v) is 26.3. The minimum atomic E-state index is -1.17. The first-order valence-corrected chi connectivity index (χ1v) is 15.6. The highest BCUT2D eigenvalue weighted by Crippen LogP contribution is 2.21. The molecular weight excluding hydrogens is 610 g/mol. The molecule has 0 aliphatic carbocycles. The molecule has 0 saturated carbocycles. The largest absolute Gasteiger partial charge is 0.481 e. The number of amides is 7. The highest BCUT2D eigenvalue weighted by Gasteiger charge is 2.37. The number of primary amides is 2. The van der Waals surface area contributed by atoms with Gasteiger partial charge in [0.25, 0.3) is 0 Å². The molecule has 0 unspecified atom stereocenters. The second kappa shape index (κ2) is 17.5. The van der Waals surface area contributed by atoms with Crippen LogP contribution in [-0.2, 0) is 35.2 Å². The van der Waals surface area contributed by atoms with Crippen LogP contribution in [-0.4, -0.2) is 88.8 Å². The summed E-state index contributed by atoms with van der Waals surface area (Å²) in [5.74, 6) is -4.34. The highest BCUT2D eigenvalue weighted by atomic mass is 16.4. The van der Waals surface area contributed by atoms with E-state index in [1.54, 1.807) is 0 Å². The van der Waals surface area contributed by atoms with Crippen molar-refractivity contribution in [1.82, 2.24) is 26.2 Å². The number of carboxylic acid groups (broad SMARTS) is 1. The molecule has 15 heteroatoms. The van der Waals surface area contributed by atoms with E-state index >= 15 is 0 Å². The molecule has 15 nitrogen and oxygen atoms in total. The van der Waals surface area contributed by atoms with Crippen LogP contribution in [0.2, 0.25) is 0 Å². The van der Waals surface area contributed by atoms with Crippen LogP contribution in [0.15, 0.2) is 42.5 Å². The third kappa shape index (κ3) is 11.3. The molecule has 1 aliphatic heterocycles. The number of hydrogen-bond acceptors (Lipinski definition) is 7. The average molecular weight is 654 g/mol. The van der Waals surface area contributed by atoms with Crippen molar-refractivity contribution >= 4 is 52.3 Å². The quantitative estimate of drug-likeness (QED) is 0.122. The van der Waals surface area contributed by atoms with Crippen molar-refractivity contribution in [2.45, 2.75) is 82.5 Å². The number of rotatable bonds is 16. The molecule has 0 radical (unpaired) electrons. The summed E-state index contributed by atoms with van der Waals surface area (Å²) in [5.41, 5.74) is 11.4. The molecule has 254 valence electrons. The van der Waals surface area contributed by atoms with Gasteiger partial charge in [0.2, 0.25) is 29.5 Å². The van der Waals surface area contributed by atoms with Gasteiger partial charge in [-0.05, 0) is 54.9 Å². The Morgan fingerprint density at radius 2 is 1.62 bits per heavy atom. The summed E-state index contributed by atoms with van der Waals surface area (Å²) >= 11 is 0. The first-order chi connectivity index (χ1) is 22.3. The number of carbonyl (C=O) groups is 7. The maximum Gasteiger partial charge on any atom is 0.312 e. The Labute approximate surface area is 272 Å². The van der Waals surface area contributed by atoms with E-state index in [9.17, 15) is 33.6 Å². The molecule has 47 heavy (non-hydrogen) atoms. The number of aliphatic carboxylic acids is 1. The van der Waals surface area contributed by atoms with Crippen LogP contribution in [0.3, 0.4) is 0 Å². The van der Waals surface area contributed by atoms with Gasteiger partial charge in [-0.3, -0.25) is 28.8 Å². The minimum absolute atomic E-state index is 0.0465. The number of piperidine rings is 1. The zero-order chi connectivity index (χ0) is 34.5. The average Bonchev–Trinajstić information content (AvgIpc) is 3.03. The van der Waals surface area contributed by atoms with Crippen molar-refractivity contribution < 1.29 is 38.7 Å². The number of likely N-dealkylation sites (tertiary alicyclic amines) is 1. The molecule has 0 aromatic heterocycles. The van der Waals surface area contributed by atoms with Crippen LogP contribution >= 0.6 is 0 Å². The van der Waals surface area contributed by atoms with Gasteiger partial charge in [0, 0.05) is 32.9 Å². The molecule has 9 N–H and O–H groups in total. The van der Waals surface area contributed by atoms with Gasteiger partial charge in [-0.15, -0.1) is 0 Å². The number of fused-ring (bicyclic) bond motifs is 1. The SMILES string of the molecule is CC(=O)N[C@@H](CCC(=O)O)C(=O)N1CCCC[C@H]1C(=O)N[C@@H](Cc1ccc2ccccc2c1)C(=O)N[C@@H](CCCNC(N)=O)C(N)=O. The lowest BCUT2D eigenvalue weighted by Gasteiger charge is -2.37. The molecule has 3 rings (SSSR count). The lowest BCUT2D eigenvalue weighted by atomic mass is 9.97. The molecule has 1 fully saturated rings. The van der Waals surface area contributed by atoms with Gasteiger partial charge in [0.1, 0.15) is 24.2 Å². The van der Waals surface area contributed by atoms with Crippen molar-refractivity contribution in [3.63, 3.8) is 0 Å². The van der Waals surface area contributed by atoms with Crippen molar-refractivity contribution in [3.8, 4) is 0 Å². The van der Waals surface area contributed by atoms with Gasteiger partial charge in [-0.1, -0.05) is 42.5 Å². The number of nitrogens with one attached hydrogen (secondary N) is 4. The second-order valence-corrected chi connectivity index (χ2v) is 11.6. The highest BCUT2D eigenvalue weighted by molar-refractivity contribution is 5.96. The number of benzene rings is 2. The van der Waals surface area contributed by atoms with Crippen LogP contribution in [0.5, 0.6) is 0 Å². The smallest absolute Gasteiger partial charge is 0.312 e. The van der Waals surface area contributed by atoms with Crippen molar-refractivity contribution in [3.05, 3.63) is 48.0 Å². The summed E-state index contributed by atoms with van der Waals surface area (Å²) in [4.78, 5) is 88.6. The van der Waals surface area contributed by atoms with E-state index in [4.69, 9.17) is 16.6 Å². The van der Waals surface area contributed by atoms with Crippen LogP contribution in [0.4, 0.5) is 4.79 Å². The molecule has 2 aromatic carbocycles. The number of urea groups is 1. The van der Waals surface area contributed by atoms with Crippen LogP contribution in [0, 0.1) is 0 Å². The zero-order valence-electron chi connectivity index (χ0n) is 26.3. The molecule has 1 aliphatic rings. The summed E-state index contributed by atoms with van der Waals surface area (Å²) in [5, 5.41) is 21.3. The summed E-state index contributed by atoms with van der Waals surface area (Å²) in [6.07, 6.45) is 1.40. The molecular formula is C32H43N7O8. The van der Waals surface area contributed by atoms with Gasteiger partial charge in [0.05, 0.1) is 0 Å². The summed E-state index contributed by atoms with van der Waals surface area (Å²) in [6, 6.07) is 8.09. The van der Waals surface area contributed by atoms with E-state index in [0.29, 0.717) is 12.8 Å². The maximum atomic E-state index is 13.8. The predicted octanol–water partition coefficient (Wildman–Crippen LogP) is 0.0363. The van der Waals surface area contributed by atoms with Gasteiger partial charge in [-0.2, -0.15) is 0 Å². The minimum Gasteiger partial charge on any atom is -0.481 e. The third-order valence-corrected chi connectivity index (χ3v) is 7.93. The van der Waals surface area contributed by atoms with E-state index < -0.39 is 65.7 Å². The topological polar surface area (TPSA) is 243 Å². The Morgan fingerprint density at radius 1 is 0.894 bits per heavy atom. The van der Waals surface area contributed by atoms with Gasteiger partial charge >= 0.3 is 12.0 Å². The fourth-order valence-corrected chi connectivity index (χ4v) is 5.59. The molecule has 7 amide bonds. The van der Waals surface area contributed by atoms with Gasteiger partial charge in [0.15, 0.2) is 0 Å². The molecule has 0 bridgehead atoms. The molecule has 4 atom stereocenters. The van der Waals surface area contributed by atoms with Crippen molar-refractivity contribution in [2.75, 3.05) is 13.1 Å². The Kier molecular flexibility index (Phi) is 13.5. The lowest BCUT2D eigenvalue weighted by molar-refractivity contribution is -0.146. The number of carboxylic acids is 1. The summed E-state index contributed by atoms with van der Waals surface area (Å²) < 4.78 is 0. The molecule has 1 saturated heterocycles. The van der Waals surface area contributed by atoms with Crippen LogP contribution in [0.25, 0.3) is 10.8 Å². The van der Waals surface area contributed by atoms with E-state index in [2.05, 4.69) is 21.3 Å². The van der Waals surface area contributed by atoms with Gasteiger partial charge < -0.3 is 42.7 Å². The predicted molar refractivity (Wildman–Crippen MR) is 171 cm³/mol. The van der Waals surface area contributed by atoms with Crippen LogP contribution < -0.4 is 32.7 Å². The Morgan fingerprint density at radius 3 is 2.28 bits per heavy atom. The van der Waals surface area contributed by atoms with Crippen molar-refractivity contribution in [2.24, 2.45) is 11.5 Å².